The largest absolute Gasteiger partial charge is 0.480 e. The molecule has 2 aliphatic heterocycles. The van der Waals surface area contributed by atoms with Gasteiger partial charge in [0.1, 0.15) is 11.7 Å². The van der Waals surface area contributed by atoms with Gasteiger partial charge in [0.2, 0.25) is 0 Å². The van der Waals surface area contributed by atoms with Gasteiger partial charge < -0.3 is 5.11 Å². The van der Waals surface area contributed by atoms with Crippen LogP contribution >= 0.6 is 0 Å². The van der Waals surface area contributed by atoms with Crippen molar-refractivity contribution < 1.29 is 23.1 Å². The molecule has 0 aliphatic carbocycles. The average molecular weight is 232 g/mol. The van der Waals surface area contributed by atoms with E-state index in [9.17, 15) is 18.0 Å². The lowest BCUT2D eigenvalue weighted by Gasteiger charge is -2.27. The summed E-state index contributed by atoms with van der Waals surface area (Å²) < 4.78 is 37.6. The highest BCUT2D eigenvalue weighted by atomic mass is 19.4. The van der Waals surface area contributed by atoms with E-state index in [1.165, 1.54) is 18.2 Å². The number of carboxylic acid groups (broad SMARTS) is 1. The summed E-state index contributed by atoms with van der Waals surface area (Å²) in [6, 6.07) is -1.14. The summed E-state index contributed by atoms with van der Waals surface area (Å²) in [6.45, 7) is 0. The van der Waals surface area contributed by atoms with Crippen molar-refractivity contribution in [3.8, 4) is 0 Å². The maximum absolute atomic E-state index is 12.5. The highest BCUT2D eigenvalue weighted by Crippen LogP contribution is 2.34. The van der Waals surface area contributed by atoms with E-state index in [-0.39, 0.29) is 5.70 Å². The van der Waals surface area contributed by atoms with Crippen molar-refractivity contribution in [1.82, 2.24) is 10.4 Å². The van der Waals surface area contributed by atoms with E-state index >= 15 is 0 Å². The van der Waals surface area contributed by atoms with Gasteiger partial charge in [0.05, 0.1) is 5.70 Å². The third-order valence-corrected chi connectivity index (χ3v) is 2.18. The van der Waals surface area contributed by atoms with Gasteiger partial charge in [-0.1, -0.05) is 6.08 Å². The molecule has 0 saturated heterocycles. The lowest BCUT2D eigenvalue weighted by atomic mass is 10.2. The molecule has 86 valence electrons. The molecule has 0 fully saturated rings. The number of rotatable bonds is 1. The molecule has 2 N–H and O–H groups in total. The normalized spacial score (nSPS) is 23.9. The number of alkyl halides is 3. The number of allylic oxidation sites excluding steroid dienone is 4. The van der Waals surface area contributed by atoms with Crippen LogP contribution in [0.3, 0.4) is 0 Å². The lowest BCUT2D eigenvalue weighted by Crippen LogP contribution is -2.44. The first-order valence-electron chi connectivity index (χ1n) is 4.36. The number of carbonyl (C=O) groups is 1. The van der Waals surface area contributed by atoms with Gasteiger partial charge in [-0.2, -0.15) is 13.2 Å². The molecule has 1 unspecified atom stereocenters. The minimum atomic E-state index is -4.52. The van der Waals surface area contributed by atoms with Crippen LogP contribution in [0.2, 0.25) is 0 Å². The molecule has 1 atom stereocenters. The molecule has 2 rings (SSSR count). The minimum absolute atomic E-state index is 0.183. The third-order valence-electron chi connectivity index (χ3n) is 2.18. The first-order valence-corrected chi connectivity index (χ1v) is 4.36. The van der Waals surface area contributed by atoms with Crippen molar-refractivity contribution in [1.29, 1.82) is 0 Å². The lowest BCUT2D eigenvalue weighted by molar-refractivity contribution is -0.140. The maximum Gasteiger partial charge on any atom is 0.432 e. The summed E-state index contributed by atoms with van der Waals surface area (Å²) in [5, 5.41) is 9.43. The van der Waals surface area contributed by atoms with Crippen molar-refractivity contribution in [2.75, 3.05) is 0 Å². The molecule has 0 aromatic rings. The van der Waals surface area contributed by atoms with Gasteiger partial charge in [0, 0.05) is 0 Å². The minimum Gasteiger partial charge on any atom is -0.480 e. The van der Waals surface area contributed by atoms with Crippen LogP contribution in [0.4, 0.5) is 13.2 Å². The fraction of sp³-hybridized carbons (Fsp3) is 0.222. The number of halogens is 3. The molecule has 0 bridgehead atoms. The summed E-state index contributed by atoms with van der Waals surface area (Å²) in [5.74, 6) is -1.23. The molecule has 2 aliphatic rings. The van der Waals surface area contributed by atoms with Crippen LogP contribution in [-0.4, -0.2) is 28.3 Å². The van der Waals surface area contributed by atoms with E-state index in [1.54, 1.807) is 0 Å². The molecule has 0 saturated carbocycles. The topological polar surface area (TPSA) is 52.6 Å². The molecule has 0 aromatic heterocycles. The van der Waals surface area contributed by atoms with Gasteiger partial charge in [0.25, 0.3) is 0 Å². The van der Waals surface area contributed by atoms with E-state index < -0.39 is 23.9 Å². The summed E-state index contributed by atoms with van der Waals surface area (Å²) in [6.07, 6.45) is 0.221. The Morgan fingerprint density at radius 3 is 2.75 bits per heavy atom. The van der Waals surface area contributed by atoms with Crippen LogP contribution in [0.1, 0.15) is 0 Å². The maximum atomic E-state index is 12.5. The molecular weight excluding hydrogens is 225 g/mol. The number of hydrogen-bond acceptors (Lipinski definition) is 3. The molecule has 7 heteroatoms. The Balaban J connectivity index is 2.31. The molecule has 0 radical (unpaired) electrons. The summed E-state index contributed by atoms with van der Waals surface area (Å²) in [7, 11) is 0. The third kappa shape index (κ3) is 1.69. The fourth-order valence-corrected chi connectivity index (χ4v) is 1.50. The SMILES string of the molecule is O=C(O)C1C=C2C=CC=C(C(F)(F)F)N2N1. The van der Waals surface area contributed by atoms with E-state index in [1.807, 2.05) is 0 Å². The van der Waals surface area contributed by atoms with Crippen LogP contribution < -0.4 is 5.43 Å². The summed E-state index contributed by atoms with van der Waals surface area (Å²) in [4.78, 5) is 10.6. The van der Waals surface area contributed by atoms with Gasteiger partial charge in [0.15, 0.2) is 0 Å². The number of nitrogens with zero attached hydrogens (tertiary/aromatic N) is 1. The van der Waals surface area contributed by atoms with Crippen LogP contribution in [-0.2, 0) is 4.79 Å². The Kier molecular flexibility index (Phi) is 2.27. The van der Waals surface area contributed by atoms with Crippen molar-refractivity contribution in [2.45, 2.75) is 12.2 Å². The second-order valence-electron chi connectivity index (χ2n) is 3.28. The Morgan fingerprint density at radius 2 is 2.19 bits per heavy atom. The highest BCUT2D eigenvalue weighted by Gasteiger charge is 2.42. The number of carboxylic acids is 1. The van der Waals surface area contributed by atoms with Gasteiger partial charge in [-0.25, -0.2) is 5.43 Å². The van der Waals surface area contributed by atoms with Crippen LogP contribution in [0.25, 0.3) is 0 Å². The number of aliphatic carboxylic acids is 1. The van der Waals surface area contributed by atoms with Crippen molar-refractivity contribution in [3.05, 3.63) is 35.7 Å². The zero-order chi connectivity index (χ0) is 11.9. The molecule has 0 spiro atoms. The van der Waals surface area contributed by atoms with Crippen LogP contribution in [0.15, 0.2) is 35.7 Å². The zero-order valence-corrected chi connectivity index (χ0v) is 7.82. The predicted molar refractivity (Wildman–Crippen MR) is 47.8 cm³/mol. The molecule has 16 heavy (non-hydrogen) atoms. The second kappa shape index (κ2) is 3.38. The van der Waals surface area contributed by atoms with E-state index in [0.29, 0.717) is 0 Å². The molecule has 2 heterocycles. The number of fused-ring (bicyclic) bond motifs is 1. The van der Waals surface area contributed by atoms with Gasteiger partial charge >= 0.3 is 12.1 Å². The number of hydrogen-bond donors (Lipinski definition) is 2. The van der Waals surface area contributed by atoms with Crippen molar-refractivity contribution in [3.63, 3.8) is 0 Å². The monoisotopic (exact) mass is 232 g/mol. The summed E-state index contributed by atoms with van der Waals surface area (Å²) in [5.41, 5.74) is 1.51. The molecule has 4 nitrogen and oxygen atoms in total. The van der Waals surface area contributed by atoms with E-state index in [4.69, 9.17) is 5.11 Å². The smallest absolute Gasteiger partial charge is 0.432 e. The Hall–Kier alpha value is -1.76. The number of hydrazine groups is 1. The Bertz CT molecular complexity index is 423. The van der Waals surface area contributed by atoms with Crippen molar-refractivity contribution >= 4 is 5.97 Å². The highest BCUT2D eigenvalue weighted by molar-refractivity contribution is 5.77. The van der Waals surface area contributed by atoms with Crippen molar-refractivity contribution in [2.24, 2.45) is 0 Å². The van der Waals surface area contributed by atoms with Gasteiger partial charge in [-0.05, 0) is 18.2 Å². The van der Waals surface area contributed by atoms with E-state index in [2.05, 4.69) is 5.43 Å². The summed E-state index contributed by atoms with van der Waals surface area (Å²) >= 11 is 0. The second-order valence-corrected chi connectivity index (χ2v) is 3.28. The molecular formula is C9H7F3N2O2. The fourth-order valence-electron chi connectivity index (χ4n) is 1.50. The van der Waals surface area contributed by atoms with Crippen LogP contribution in [0, 0.1) is 0 Å². The standard InChI is InChI=1S/C9H7F3N2O2/c10-9(11,12)7-3-1-2-5-4-6(8(15)16)13-14(5)7/h1-4,6,13H,(H,15,16). The van der Waals surface area contributed by atoms with Gasteiger partial charge in [-0.3, -0.25) is 9.80 Å². The Labute approximate surface area is 88.3 Å². The number of nitrogens with one attached hydrogen (secondary N) is 1. The molecule has 0 amide bonds. The molecule has 0 aromatic carbocycles. The first-order chi connectivity index (χ1) is 7.39. The van der Waals surface area contributed by atoms with E-state index in [0.717, 1.165) is 11.1 Å². The van der Waals surface area contributed by atoms with Crippen LogP contribution in [0.5, 0.6) is 0 Å². The predicted octanol–water partition coefficient (Wildman–Crippen LogP) is 1.16. The Morgan fingerprint density at radius 1 is 1.50 bits per heavy atom. The first kappa shape index (κ1) is 10.7. The quantitative estimate of drug-likeness (QED) is 0.712. The average Bonchev–Trinajstić information content (AvgIpc) is 2.58. The zero-order valence-electron chi connectivity index (χ0n) is 7.82. The van der Waals surface area contributed by atoms with Gasteiger partial charge in [-0.15, -0.1) is 0 Å².